The zero-order valence-electron chi connectivity index (χ0n) is 22.3. The third-order valence-electron chi connectivity index (χ3n) is 8.36. The Bertz CT molecular complexity index is 1250. The van der Waals surface area contributed by atoms with Gasteiger partial charge in [0.1, 0.15) is 23.2 Å². The number of carbonyl (C=O) groups is 1. The zero-order valence-corrected chi connectivity index (χ0v) is 22.3. The highest BCUT2D eigenvalue weighted by atomic mass is 19.4. The molecule has 12 heteroatoms. The quantitative estimate of drug-likeness (QED) is 0.339. The Morgan fingerprint density at radius 2 is 1.93 bits per heavy atom. The minimum atomic E-state index is -4.80. The number of nitrogens with zero attached hydrogens (tertiary/aromatic N) is 3. The van der Waals surface area contributed by atoms with Crippen molar-refractivity contribution in [3.63, 3.8) is 0 Å². The van der Waals surface area contributed by atoms with Crippen LogP contribution in [0.25, 0.3) is 0 Å². The maximum atomic E-state index is 12.8. The Balaban J connectivity index is 1.23. The maximum Gasteiger partial charge on any atom is 0.573 e. The molecule has 4 bridgehead atoms. The Labute approximate surface area is 230 Å². The first-order chi connectivity index (χ1) is 19.2. The van der Waals surface area contributed by atoms with Gasteiger partial charge >= 0.3 is 12.3 Å². The number of esters is 1. The number of carbonyl (C=O) groups excluding carboxylic acids is 1. The number of benzene rings is 1. The van der Waals surface area contributed by atoms with Crippen molar-refractivity contribution in [1.29, 1.82) is 5.26 Å². The number of ether oxygens (including phenoxy) is 2. The van der Waals surface area contributed by atoms with E-state index < -0.39 is 6.36 Å². The van der Waals surface area contributed by atoms with Crippen molar-refractivity contribution in [1.82, 2.24) is 15.3 Å². The Morgan fingerprint density at radius 1 is 1.18 bits per heavy atom. The molecule has 4 aliphatic carbocycles. The summed E-state index contributed by atoms with van der Waals surface area (Å²) >= 11 is 0. The third-order valence-corrected chi connectivity index (χ3v) is 8.36. The van der Waals surface area contributed by atoms with Crippen LogP contribution in [0.15, 0.2) is 30.5 Å². The molecule has 4 saturated carbocycles. The van der Waals surface area contributed by atoms with Crippen LogP contribution >= 0.6 is 0 Å². The molecule has 0 saturated heterocycles. The summed E-state index contributed by atoms with van der Waals surface area (Å²) in [6.45, 7) is 3.08. The molecule has 3 N–H and O–H groups in total. The van der Waals surface area contributed by atoms with Gasteiger partial charge in [-0.25, -0.2) is 4.98 Å². The van der Waals surface area contributed by atoms with Crippen molar-refractivity contribution in [3.05, 3.63) is 41.6 Å². The van der Waals surface area contributed by atoms with E-state index in [1.165, 1.54) is 24.4 Å². The van der Waals surface area contributed by atoms with Gasteiger partial charge in [0.25, 0.3) is 0 Å². The molecule has 0 amide bonds. The molecule has 4 fully saturated rings. The van der Waals surface area contributed by atoms with E-state index in [0.29, 0.717) is 53.9 Å². The van der Waals surface area contributed by atoms with Crippen LogP contribution in [0.5, 0.6) is 5.75 Å². The molecule has 214 valence electrons. The molecular weight excluding hydrogens is 525 g/mol. The lowest BCUT2D eigenvalue weighted by atomic mass is 9.48. The van der Waals surface area contributed by atoms with Crippen LogP contribution < -0.4 is 20.7 Å². The van der Waals surface area contributed by atoms with Crippen molar-refractivity contribution < 1.29 is 27.4 Å². The number of para-hydroxylation sites is 1. The number of halogens is 3. The van der Waals surface area contributed by atoms with E-state index >= 15 is 0 Å². The predicted molar refractivity (Wildman–Crippen MR) is 140 cm³/mol. The normalized spacial score (nSPS) is 26.7. The summed E-state index contributed by atoms with van der Waals surface area (Å²) in [5.41, 5.74) is 0.671. The van der Waals surface area contributed by atoms with Crippen molar-refractivity contribution in [2.45, 2.75) is 58.0 Å². The summed E-state index contributed by atoms with van der Waals surface area (Å²) in [5, 5.41) is 19.5. The van der Waals surface area contributed by atoms with Crippen LogP contribution in [0.2, 0.25) is 0 Å². The molecule has 0 spiro atoms. The number of rotatable bonds is 11. The van der Waals surface area contributed by atoms with Gasteiger partial charge in [0.15, 0.2) is 0 Å². The van der Waals surface area contributed by atoms with E-state index in [0.717, 1.165) is 32.1 Å². The SMILES string of the molecule is CCOC(=O)CN[C@@H]1[C@@H]2CC3C[C@H]1C[C@@](CNc1nc(NCc4ccccc4OC(F)(F)F)ncc1C#N)(C3)C2. The van der Waals surface area contributed by atoms with Crippen molar-refractivity contribution in [2.75, 3.05) is 30.3 Å². The van der Waals surface area contributed by atoms with Gasteiger partial charge < -0.3 is 25.4 Å². The molecule has 1 aromatic carbocycles. The highest BCUT2D eigenvalue weighted by molar-refractivity contribution is 5.71. The largest absolute Gasteiger partial charge is 0.573 e. The fourth-order valence-corrected chi connectivity index (χ4v) is 7.16. The Kier molecular flexibility index (Phi) is 8.03. The number of alkyl halides is 3. The van der Waals surface area contributed by atoms with Crippen LogP contribution in [0.3, 0.4) is 0 Å². The number of aromatic nitrogens is 2. The van der Waals surface area contributed by atoms with E-state index in [9.17, 15) is 23.2 Å². The molecule has 5 atom stereocenters. The Hall–Kier alpha value is -3.59. The summed E-state index contributed by atoms with van der Waals surface area (Å²) in [6, 6.07) is 8.29. The second-order valence-corrected chi connectivity index (χ2v) is 11.1. The molecule has 1 unspecified atom stereocenters. The van der Waals surface area contributed by atoms with Gasteiger partial charge in [-0.15, -0.1) is 13.2 Å². The molecule has 6 rings (SSSR count). The fraction of sp³-hybridized carbons (Fsp3) is 0.571. The molecule has 0 aliphatic heterocycles. The summed E-state index contributed by atoms with van der Waals surface area (Å²) in [5.74, 6) is 1.69. The summed E-state index contributed by atoms with van der Waals surface area (Å²) in [6.07, 6.45) is 2.10. The number of hydrogen-bond donors (Lipinski definition) is 3. The fourth-order valence-electron chi connectivity index (χ4n) is 7.16. The van der Waals surface area contributed by atoms with Gasteiger partial charge in [0.05, 0.1) is 19.3 Å². The second kappa shape index (κ2) is 11.5. The maximum absolute atomic E-state index is 12.8. The van der Waals surface area contributed by atoms with E-state index in [1.54, 1.807) is 13.0 Å². The number of hydrogen-bond acceptors (Lipinski definition) is 9. The smallest absolute Gasteiger partial charge is 0.465 e. The number of nitriles is 1. The molecule has 40 heavy (non-hydrogen) atoms. The lowest BCUT2D eigenvalue weighted by Crippen LogP contribution is -2.60. The minimum absolute atomic E-state index is 0.00670. The summed E-state index contributed by atoms with van der Waals surface area (Å²) in [4.78, 5) is 20.5. The monoisotopic (exact) mass is 558 g/mol. The lowest BCUT2D eigenvalue weighted by molar-refractivity contribution is -0.274. The second-order valence-electron chi connectivity index (χ2n) is 11.1. The molecule has 1 aromatic heterocycles. The first kappa shape index (κ1) is 28.0. The van der Waals surface area contributed by atoms with Crippen molar-refractivity contribution in [2.24, 2.45) is 23.2 Å². The average Bonchev–Trinajstić information content (AvgIpc) is 2.90. The highest BCUT2D eigenvalue weighted by Gasteiger charge is 2.55. The molecule has 1 heterocycles. The standard InChI is InChI=1S/C28H33F3N6O3/c1-2-39-23(38)15-33-24-19-7-17-8-20(24)11-27(9-17,10-19)16-36-25-21(12-32)14-35-26(37-25)34-13-18-5-3-4-6-22(18)40-28(29,30)31/h3-6,14,17,19-20,24,33H,2,7-11,13,15-16H2,1H3,(H2,34,35,36,37)/t17?,19-,20+,24-,27-. The molecule has 9 nitrogen and oxygen atoms in total. The van der Waals surface area contributed by atoms with Gasteiger partial charge in [-0.1, -0.05) is 18.2 Å². The van der Waals surface area contributed by atoms with Crippen LogP contribution in [0.4, 0.5) is 24.9 Å². The van der Waals surface area contributed by atoms with Crippen LogP contribution in [-0.4, -0.2) is 48.0 Å². The van der Waals surface area contributed by atoms with Gasteiger partial charge in [-0.05, 0) is 68.3 Å². The van der Waals surface area contributed by atoms with E-state index in [1.807, 2.05) is 0 Å². The summed E-state index contributed by atoms with van der Waals surface area (Å²) in [7, 11) is 0. The van der Waals surface area contributed by atoms with E-state index in [-0.39, 0.29) is 36.2 Å². The molecule has 0 radical (unpaired) electrons. The lowest BCUT2D eigenvalue weighted by Gasteiger charge is -2.60. The molecule has 2 aromatic rings. The topological polar surface area (TPSA) is 121 Å². The highest BCUT2D eigenvalue weighted by Crippen LogP contribution is 2.60. The third kappa shape index (κ3) is 6.41. The predicted octanol–water partition coefficient (Wildman–Crippen LogP) is 4.62. The number of anilines is 2. The van der Waals surface area contributed by atoms with Gasteiger partial charge in [0, 0.05) is 24.7 Å². The minimum Gasteiger partial charge on any atom is -0.465 e. The van der Waals surface area contributed by atoms with E-state index in [2.05, 4.69) is 36.7 Å². The molecule has 4 aliphatic rings. The van der Waals surface area contributed by atoms with Gasteiger partial charge in [-0.3, -0.25) is 4.79 Å². The summed E-state index contributed by atoms with van der Waals surface area (Å²) < 4.78 is 47.5. The van der Waals surface area contributed by atoms with Crippen LogP contribution in [0, 0.1) is 34.5 Å². The molecular formula is C28H33F3N6O3. The first-order valence-electron chi connectivity index (χ1n) is 13.6. The van der Waals surface area contributed by atoms with Gasteiger partial charge in [0.2, 0.25) is 5.95 Å². The first-order valence-corrected chi connectivity index (χ1v) is 13.6. The average molecular weight is 559 g/mol. The number of nitrogens with one attached hydrogen (secondary N) is 3. The Morgan fingerprint density at radius 3 is 2.62 bits per heavy atom. The van der Waals surface area contributed by atoms with Gasteiger partial charge in [-0.2, -0.15) is 10.2 Å². The van der Waals surface area contributed by atoms with Crippen molar-refractivity contribution >= 4 is 17.7 Å². The zero-order chi connectivity index (χ0) is 28.3. The van der Waals surface area contributed by atoms with Crippen molar-refractivity contribution in [3.8, 4) is 11.8 Å². The van der Waals surface area contributed by atoms with Crippen LogP contribution in [0.1, 0.15) is 50.2 Å². The van der Waals surface area contributed by atoms with Crippen LogP contribution in [-0.2, 0) is 16.1 Å². The van der Waals surface area contributed by atoms with E-state index in [4.69, 9.17) is 4.74 Å².